The van der Waals surface area contributed by atoms with Crippen LogP contribution in [0.5, 0.6) is 0 Å². The average molecular weight is 648 g/mol. The Labute approximate surface area is 228 Å². The van der Waals surface area contributed by atoms with Gasteiger partial charge < -0.3 is 4.74 Å². The summed E-state index contributed by atoms with van der Waals surface area (Å²) in [6, 6.07) is 1.19. The summed E-state index contributed by atoms with van der Waals surface area (Å²) >= 11 is 2.76. The first-order valence-corrected chi connectivity index (χ1v) is 14.7. The van der Waals surface area contributed by atoms with Gasteiger partial charge in [0.05, 0.1) is 27.2 Å². The van der Waals surface area contributed by atoms with Crippen molar-refractivity contribution in [1.29, 1.82) is 0 Å². The lowest BCUT2D eigenvalue weighted by Gasteiger charge is -2.33. The van der Waals surface area contributed by atoms with Gasteiger partial charge in [-0.25, -0.2) is 29.6 Å². The molecule has 0 spiro atoms. The second-order valence-corrected chi connectivity index (χ2v) is 13.8. The first-order valence-electron chi connectivity index (χ1n) is 12.5. The Kier molecular flexibility index (Phi) is 6.26. The van der Waals surface area contributed by atoms with E-state index in [0.29, 0.717) is 22.3 Å². The zero-order chi connectivity index (χ0) is 30.8. The summed E-state index contributed by atoms with van der Waals surface area (Å²) in [6.45, 7) is 1.10. The summed E-state index contributed by atoms with van der Waals surface area (Å²) in [4.78, 5) is -0.753. The number of aromatic nitrogens is 1. The van der Waals surface area contributed by atoms with Gasteiger partial charge in [-0.3, -0.25) is 4.72 Å². The van der Waals surface area contributed by atoms with Crippen LogP contribution < -0.4 is 4.72 Å². The van der Waals surface area contributed by atoms with Crippen molar-refractivity contribution in [2.45, 2.75) is 48.4 Å². The predicted octanol–water partition coefficient (Wildman–Crippen LogP) is 5.42. The van der Waals surface area contributed by atoms with Crippen molar-refractivity contribution in [3.05, 3.63) is 69.7 Å². The van der Waals surface area contributed by atoms with Crippen molar-refractivity contribution in [1.82, 2.24) is 3.97 Å². The second kappa shape index (κ2) is 9.66. The molecule has 38 heavy (non-hydrogen) atoms. The quantitative estimate of drug-likeness (QED) is 0.334. The van der Waals surface area contributed by atoms with E-state index in [2.05, 4.69) is 15.9 Å². The lowest BCUT2D eigenvalue weighted by molar-refractivity contribution is -0.177. The van der Waals surface area contributed by atoms with Crippen molar-refractivity contribution in [3.63, 3.8) is 0 Å². The van der Waals surface area contributed by atoms with Crippen molar-refractivity contribution in [3.8, 4) is 0 Å². The van der Waals surface area contributed by atoms with E-state index in [9.17, 15) is 38.8 Å². The molecule has 208 valence electrons. The Morgan fingerprint density at radius 3 is 2.58 bits per heavy atom. The molecule has 2 atom stereocenters. The van der Waals surface area contributed by atoms with Gasteiger partial charge in [0, 0.05) is 24.4 Å². The Balaban J connectivity index is 1.90. The normalized spacial score (nSPS) is 23.6. The van der Waals surface area contributed by atoms with Crippen molar-refractivity contribution in [2.24, 2.45) is 5.92 Å². The van der Waals surface area contributed by atoms with Gasteiger partial charge in [0.1, 0.15) is 27.0 Å². The highest BCUT2D eigenvalue weighted by Crippen LogP contribution is 2.43. The minimum Gasteiger partial charge on any atom is -0.499 e. The van der Waals surface area contributed by atoms with E-state index >= 15 is 0 Å². The second-order valence-electron chi connectivity index (χ2n) is 9.05. The molecule has 15 heteroatoms. The Hall–Kier alpha value is -2.39. The van der Waals surface area contributed by atoms with Crippen LogP contribution in [0.15, 0.2) is 51.7 Å². The van der Waals surface area contributed by atoms with Gasteiger partial charge in [-0.15, -0.1) is 0 Å². The molecular formula is C23H22BrF5N2O5S2. The maximum absolute atomic E-state index is 14.4. The summed E-state index contributed by atoms with van der Waals surface area (Å²) < 4.78 is 151. The molecule has 4 rings (SSSR count). The number of ether oxygens (including phenoxy) is 1. The largest absolute Gasteiger partial charge is 0.499 e. The fourth-order valence-electron chi connectivity index (χ4n) is 4.51. The van der Waals surface area contributed by atoms with Crippen LogP contribution in [-0.4, -0.2) is 38.8 Å². The molecule has 0 fully saturated rings. The molecule has 2 aliphatic rings. The minimum atomic E-state index is -4.90. The molecule has 1 heterocycles. The maximum atomic E-state index is 14.4. The van der Waals surface area contributed by atoms with Crippen LogP contribution in [0.1, 0.15) is 35.1 Å². The summed E-state index contributed by atoms with van der Waals surface area (Å²) in [5, 5.41) is 0. The van der Waals surface area contributed by atoms with E-state index in [4.69, 9.17) is 8.85 Å². The maximum Gasteiger partial charge on any atom is 0.392 e. The molecule has 0 saturated heterocycles. The van der Waals surface area contributed by atoms with Gasteiger partial charge in [-0.2, -0.15) is 13.2 Å². The number of alkyl halides is 3. The van der Waals surface area contributed by atoms with E-state index in [0.717, 1.165) is 13.0 Å². The third kappa shape index (κ3) is 4.76. The molecule has 0 radical (unpaired) electrons. The molecule has 2 aromatic rings. The number of halogens is 6. The first kappa shape index (κ1) is 24.6. The molecule has 2 aliphatic carbocycles. The standard InChI is InChI=1S/C23H22BrF5N2O5S2/c1-22(8-4-3-5-21(22)36-2)38(34,35)31-12-20(14-7-6-13(9-19(14)31)23(27,28)29)37(32,33)30-18-11-16(25)15(24)10-17(18)26/h3-5,10-13,30H,6-9H2,1-2H3/i2D3. The highest BCUT2D eigenvalue weighted by atomic mass is 79.9. The van der Waals surface area contributed by atoms with Crippen LogP contribution in [-0.2, 0) is 37.6 Å². The van der Waals surface area contributed by atoms with Crippen LogP contribution in [0.25, 0.3) is 0 Å². The van der Waals surface area contributed by atoms with Gasteiger partial charge in [0.15, 0.2) is 0 Å². The fourth-order valence-corrected chi connectivity index (χ4v) is 8.07. The molecule has 1 N–H and O–H groups in total. The molecule has 0 amide bonds. The molecule has 0 bridgehead atoms. The van der Waals surface area contributed by atoms with E-state index in [1.165, 1.54) is 12.2 Å². The number of methoxy groups -OCH3 is 1. The monoisotopic (exact) mass is 647 g/mol. The lowest BCUT2D eigenvalue weighted by atomic mass is 9.87. The van der Waals surface area contributed by atoms with Crippen LogP contribution in [0.2, 0.25) is 0 Å². The summed E-state index contributed by atoms with van der Waals surface area (Å²) in [5.74, 6) is -4.74. The number of nitrogens with one attached hydrogen (secondary N) is 1. The number of benzene rings is 1. The minimum absolute atomic E-state index is 0.253. The Morgan fingerprint density at radius 2 is 1.92 bits per heavy atom. The molecule has 1 aromatic carbocycles. The lowest BCUT2D eigenvalue weighted by Crippen LogP contribution is -2.43. The number of sulfonamides is 1. The van der Waals surface area contributed by atoms with Crippen LogP contribution in [0, 0.1) is 17.6 Å². The number of hydrogen-bond acceptors (Lipinski definition) is 5. The highest BCUT2D eigenvalue weighted by molar-refractivity contribution is 9.10. The van der Waals surface area contributed by atoms with Gasteiger partial charge >= 0.3 is 6.18 Å². The number of fused-ring (bicyclic) bond motifs is 1. The molecular weight excluding hydrogens is 623 g/mol. The molecule has 2 unspecified atom stereocenters. The third-order valence-corrected chi connectivity index (χ3v) is 11.1. The molecule has 1 aromatic heterocycles. The zero-order valence-corrected chi connectivity index (χ0v) is 22.7. The Bertz CT molecular complexity index is 1670. The fraction of sp³-hybridized carbons (Fsp3) is 0.391. The number of rotatable bonds is 6. The predicted molar refractivity (Wildman–Crippen MR) is 132 cm³/mol. The number of allylic oxidation sites excluding steroid dienone is 3. The summed E-state index contributed by atoms with van der Waals surface area (Å²) in [5.41, 5.74) is -1.55. The number of anilines is 1. The van der Waals surface area contributed by atoms with Crippen LogP contribution >= 0.6 is 15.9 Å². The van der Waals surface area contributed by atoms with Crippen LogP contribution in [0.3, 0.4) is 0 Å². The first-order chi connectivity index (χ1) is 18.7. The summed E-state index contributed by atoms with van der Waals surface area (Å²) in [6.07, 6.45) is -2.64. The SMILES string of the molecule is [2H]C([2H])([2H])OC1=CC=CCC1(C)S(=O)(=O)n1cc(S(=O)(=O)Nc2cc(F)c(Br)cc2F)c2c1CC(C(F)(F)F)CC2. The van der Waals surface area contributed by atoms with Crippen LogP contribution in [0.4, 0.5) is 27.6 Å². The van der Waals surface area contributed by atoms with Crippen molar-refractivity contribution < 1.29 is 47.6 Å². The van der Waals surface area contributed by atoms with E-state index in [-0.39, 0.29) is 16.5 Å². The zero-order valence-electron chi connectivity index (χ0n) is 22.4. The molecule has 0 aliphatic heterocycles. The van der Waals surface area contributed by atoms with Gasteiger partial charge in [-0.05, 0) is 59.8 Å². The smallest absolute Gasteiger partial charge is 0.392 e. The van der Waals surface area contributed by atoms with E-state index < -0.39 is 96.9 Å². The van der Waals surface area contributed by atoms with Gasteiger partial charge in [0.25, 0.3) is 20.0 Å². The summed E-state index contributed by atoms with van der Waals surface area (Å²) in [7, 11) is -12.9. The average Bonchev–Trinajstić information content (AvgIpc) is 3.23. The van der Waals surface area contributed by atoms with E-state index in [1.54, 1.807) is 0 Å². The number of hydrogen-bond donors (Lipinski definition) is 1. The van der Waals surface area contributed by atoms with E-state index in [1.807, 2.05) is 4.72 Å². The van der Waals surface area contributed by atoms with Crippen molar-refractivity contribution >= 4 is 41.7 Å². The molecule has 7 nitrogen and oxygen atoms in total. The Morgan fingerprint density at radius 1 is 1.21 bits per heavy atom. The van der Waals surface area contributed by atoms with Gasteiger partial charge in [0.2, 0.25) is 0 Å². The topological polar surface area (TPSA) is 94.5 Å². The third-order valence-electron chi connectivity index (χ3n) is 6.69. The number of nitrogens with zero attached hydrogens (tertiary/aromatic N) is 1. The van der Waals surface area contributed by atoms with Crippen molar-refractivity contribution in [2.75, 3.05) is 11.8 Å². The van der Waals surface area contributed by atoms with Gasteiger partial charge in [-0.1, -0.05) is 12.2 Å². The molecule has 0 saturated carbocycles. The highest BCUT2D eigenvalue weighted by Gasteiger charge is 2.49.